The summed E-state index contributed by atoms with van der Waals surface area (Å²) in [5.74, 6) is 0.406. The normalized spacial score (nSPS) is 11.9. The number of imidazole rings is 1. The summed E-state index contributed by atoms with van der Waals surface area (Å²) in [6.07, 6.45) is 3.44. The van der Waals surface area contributed by atoms with Crippen molar-refractivity contribution >= 4 is 17.2 Å². The number of hydrogen-bond donors (Lipinski definition) is 1. The zero-order chi connectivity index (χ0) is 22.8. The number of carbonyl (C=O) groups excluding carboxylic acids is 1. The van der Waals surface area contributed by atoms with Gasteiger partial charge in [0.1, 0.15) is 17.7 Å². The molecule has 0 aliphatic heterocycles. The van der Waals surface area contributed by atoms with Crippen molar-refractivity contribution in [3.63, 3.8) is 0 Å². The molecule has 3 aromatic heterocycles. The van der Waals surface area contributed by atoms with Crippen LogP contribution in [0.4, 0.5) is 4.39 Å². The lowest BCUT2D eigenvalue weighted by molar-refractivity contribution is 0.0930. The third-order valence-corrected chi connectivity index (χ3v) is 6.01. The second-order valence-corrected chi connectivity index (χ2v) is 8.29. The monoisotopic (exact) mass is 458 g/mol. The second-order valence-electron chi connectivity index (χ2n) is 7.34. The SMILES string of the molecule is Cn1ccnc1[C@H](NC(=O)c1nc(-c2cccs2)n(-c2ccccc2)n1)c1ccc(F)cc1. The van der Waals surface area contributed by atoms with Gasteiger partial charge in [-0.2, -0.15) is 0 Å². The molecule has 5 rings (SSSR count). The molecule has 7 nitrogen and oxygen atoms in total. The summed E-state index contributed by atoms with van der Waals surface area (Å²) in [6.45, 7) is 0. The molecule has 5 aromatic rings. The molecule has 33 heavy (non-hydrogen) atoms. The van der Waals surface area contributed by atoms with E-state index in [4.69, 9.17) is 0 Å². The third kappa shape index (κ3) is 4.18. The van der Waals surface area contributed by atoms with Gasteiger partial charge in [-0.1, -0.05) is 36.4 Å². The van der Waals surface area contributed by atoms with E-state index in [1.54, 1.807) is 33.8 Å². The Morgan fingerprint density at radius 2 is 1.85 bits per heavy atom. The van der Waals surface area contributed by atoms with E-state index in [1.807, 2.05) is 54.9 Å². The number of amides is 1. The van der Waals surface area contributed by atoms with Gasteiger partial charge in [0.05, 0.1) is 10.6 Å². The van der Waals surface area contributed by atoms with Crippen molar-refractivity contribution in [1.82, 2.24) is 29.6 Å². The van der Waals surface area contributed by atoms with Gasteiger partial charge in [0.25, 0.3) is 5.91 Å². The summed E-state index contributed by atoms with van der Waals surface area (Å²) in [7, 11) is 1.84. The lowest BCUT2D eigenvalue weighted by Crippen LogP contribution is -2.32. The van der Waals surface area contributed by atoms with E-state index in [-0.39, 0.29) is 11.6 Å². The maximum Gasteiger partial charge on any atom is 0.291 e. The predicted molar refractivity (Wildman–Crippen MR) is 124 cm³/mol. The molecule has 0 saturated carbocycles. The van der Waals surface area contributed by atoms with E-state index in [2.05, 4.69) is 20.4 Å². The summed E-state index contributed by atoms with van der Waals surface area (Å²) < 4.78 is 17.0. The Labute approximate surface area is 193 Å². The van der Waals surface area contributed by atoms with Crippen LogP contribution in [0.25, 0.3) is 16.4 Å². The first-order valence-corrected chi connectivity index (χ1v) is 11.1. The average molecular weight is 459 g/mol. The van der Waals surface area contributed by atoms with E-state index in [0.717, 1.165) is 10.6 Å². The second kappa shape index (κ2) is 8.79. The summed E-state index contributed by atoms with van der Waals surface area (Å²) in [5, 5.41) is 9.43. The summed E-state index contributed by atoms with van der Waals surface area (Å²) in [6, 6.07) is 18.8. The molecule has 0 fully saturated rings. The van der Waals surface area contributed by atoms with Crippen molar-refractivity contribution in [2.45, 2.75) is 6.04 Å². The van der Waals surface area contributed by atoms with Crippen LogP contribution in [-0.2, 0) is 7.05 Å². The van der Waals surface area contributed by atoms with Crippen LogP contribution in [0.2, 0.25) is 0 Å². The van der Waals surface area contributed by atoms with E-state index in [1.165, 1.54) is 23.5 Å². The van der Waals surface area contributed by atoms with E-state index in [9.17, 15) is 9.18 Å². The van der Waals surface area contributed by atoms with Gasteiger partial charge in [0.2, 0.25) is 5.82 Å². The average Bonchev–Trinajstić information content (AvgIpc) is 3.59. The molecule has 0 radical (unpaired) electrons. The lowest BCUT2D eigenvalue weighted by atomic mass is 10.1. The van der Waals surface area contributed by atoms with Crippen molar-refractivity contribution in [3.05, 3.63) is 108 Å². The molecule has 0 aliphatic carbocycles. The number of thiophene rings is 1. The molecule has 2 aromatic carbocycles. The number of aromatic nitrogens is 5. The standard InChI is InChI=1S/C24H19FN6OS/c1-30-14-13-26-23(30)20(16-9-11-17(25)12-10-16)27-24(32)21-28-22(19-8-5-15-33-19)31(29-21)18-6-3-2-4-7-18/h2-15,20H,1H3,(H,27,32)/t20-/m1/s1. The zero-order valence-corrected chi connectivity index (χ0v) is 18.4. The molecule has 0 bridgehead atoms. The van der Waals surface area contributed by atoms with Crippen LogP contribution < -0.4 is 5.32 Å². The number of carbonyl (C=O) groups is 1. The Kier molecular flexibility index (Phi) is 5.54. The maximum absolute atomic E-state index is 13.5. The molecule has 9 heteroatoms. The topological polar surface area (TPSA) is 77.6 Å². The van der Waals surface area contributed by atoms with Gasteiger partial charge in [-0.3, -0.25) is 4.79 Å². The molecule has 1 atom stereocenters. The fraction of sp³-hybridized carbons (Fsp3) is 0.0833. The van der Waals surface area contributed by atoms with Gasteiger partial charge in [-0.15, -0.1) is 16.4 Å². The minimum atomic E-state index is -0.605. The van der Waals surface area contributed by atoms with Crippen LogP contribution in [0.5, 0.6) is 0 Å². The molecular weight excluding hydrogens is 439 g/mol. The molecule has 0 aliphatic rings. The number of nitrogens with one attached hydrogen (secondary N) is 1. The highest BCUT2D eigenvalue weighted by Crippen LogP contribution is 2.26. The first-order valence-electron chi connectivity index (χ1n) is 10.2. The number of halogens is 1. The zero-order valence-electron chi connectivity index (χ0n) is 17.6. The number of hydrogen-bond acceptors (Lipinski definition) is 5. The van der Waals surface area contributed by atoms with Crippen molar-refractivity contribution in [3.8, 4) is 16.4 Å². The fourth-order valence-corrected chi connectivity index (χ4v) is 4.22. The Bertz CT molecular complexity index is 1380. The van der Waals surface area contributed by atoms with E-state index >= 15 is 0 Å². The predicted octanol–water partition coefficient (Wildman–Crippen LogP) is 4.39. The van der Waals surface area contributed by atoms with Gasteiger partial charge < -0.3 is 9.88 Å². The smallest absolute Gasteiger partial charge is 0.291 e. The Morgan fingerprint density at radius 1 is 1.06 bits per heavy atom. The van der Waals surface area contributed by atoms with Gasteiger partial charge in [0.15, 0.2) is 5.82 Å². The minimum absolute atomic E-state index is 0.0311. The highest BCUT2D eigenvalue weighted by molar-refractivity contribution is 7.13. The molecule has 1 amide bonds. The van der Waals surface area contributed by atoms with Crippen LogP contribution >= 0.6 is 11.3 Å². The Morgan fingerprint density at radius 3 is 2.52 bits per heavy atom. The van der Waals surface area contributed by atoms with Gasteiger partial charge in [-0.25, -0.2) is 19.0 Å². The van der Waals surface area contributed by atoms with Gasteiger partial charge >= 0.3 is 0 Å². The molecule has 3 heterocycles. The van der Waals surface area contributed by atoms with Gasteiger partial charge in [0, 0.05) is 19.4 Å². The number of rotatable bonds is 6. The maximum atomic E-state index is 13.5. The molecular formula is C24H19FN6OS. The first kappa shape index (κ1) is 20.8. The van der Waals surface area contributed by atoms with Crippen molar-refractivity contribution < 1.29 is 9.18 Å². The van der Waals surface area contributed by atoms with Crippen molar-refractivity contribution in [2.75, 3.05) is 0 Å². The number of nitrogens with zero attached hydrogens (tertiary/aromatic N) is 5. The Balaban J connectivity index is 1.53. The number of para-hydroxylation sites is 1. The lowest BCUT2D eigenvalue weighted by Gasteiger charge is -2.18. The minimum Gasteiger partial charge on any atom is -0.336 e. The van der Waals surface area contributed by atoms with Crippen molar-refractivity contribution in [1.29, 1.82) is 0 Å². The summed E-state index contributed by atoms with van der Waals surface area (Å²) >= 11 is 1.52. The fourth-order valence-electron chi connectivity index (χ4n) is 3.53. The summed E-state index contributed by atoms with van der Waals surface area (Å²) in [4.78, 5) is 23.1. The van der Waals surface area contributed by atoms with E-state index < -0.39 is 11.9 Å². The first-order chi connectivity index (χ1) is 16.1. The molecule has 0 unspecified atom stereocenters. The Hall–Kier alpha value is -4.11. The highest BCUT2D eigenvalue weighted by Gasteiger charge is 2.25. The van der Waals surface area contributed by atoms with Crippen molar-refractivity contribution in [2.24, 2.45) is 7.05 Å². The largest absolute Gasteiger partial charge is 0.336 e. The van der Waals surface area contributed by atoms with Gasteiger partial charge in [-0.05, 0) is 41.3 Å². The molecule has 0 spiro atoms. The van der Waals surface area contributed by atoms with Crippen LogP contribution in [0.1, 0.15) is 28.0 Å². The summed E-state index contributed by atoms with van der Waals surface area (Å²) in [5.41, 5.74) is 1.49. The van der Waals surface area contributed by atoms with Crippen LogP contribution in [0.3, 0.4) is 0 Å². The number of aryl methyl sites for hydroxylation is 1. The van der Waals surface area contributed by atoms with Crippen LogP contribution in [-0.4, -0.2) is 30.2 Å². The molecule has 164 valence electrons. The highest BCUT2D eigenvalue weighted by atomic mass is 32.1. The van der Waals surface area contributed by atoms with Crippen LogP contribution in [0.15, 0.2) is 84.5 Å². The third-order valence-electron chi connectivity index (χ3n) is 5.15. The molecule has 0 saturated heterocycles. The number of benzene rings is 2. The van der Waals surface area contributed by atoms with E-state index in [0.29, 0.717) is 17.2 Å². The quantitative estimate of drug-likeness (QED) is 0.409. The van der Waals surface area contributed by atoms with Crippen LogP contribution in [0, 0.1) is 5.82 Å². The molecule has 1 N–H and O–H groups in total.